The van der Waals surface area contributed by atoms with Crippen molar-refractivity contribution in [2.45, 2.75) is 58.7 Å². The summed E-state index contributed by atoms with van der Waals surface area (Å²) in [5, 5.41) is 0.206. The van der Waals surface area contributed by atoms with Gasteiger partial charge in [-0.25, -0.2) is 0 Å². The number of rotatable bonds is 8. The molecule has 0 fully saturated rings. The van der Waals surface area contributed by atoms with Gasteiger partial charge in [0.25, 0.3) is 0 Å². The molecule has 0 unspecified atom stereocenters. The van der Waals surface area contributed by atoms with Crippen molar-refractivity contribution in [3.05, 3.63) is 60.2 Å². The normalized spacial score (nSPS) is 13.4. The molecule has 0 bridgehead atoms. The Morgan fingerprint density at radius 3 is 2.07 bits per heavy atom. The van der Waals surface area contributed by atoms with Crippen molar-refractivity contribution in [2.24, 2.45) is 5.92 Å². The lowest BCUT2D eigenvalue weighted by molar-refractivity contribution is -0.119. The Morgan fingerprint density at radius 1 is 0.963 bits per heavy atom. The molecule has 2 nitrogen and oxygen atoms in total. The van der Waals surface area contributed by atoms with Crippen LogP contribution in [0, 0.1) is 5.92 Å². The number of benzene rings is 2. The summed E-state index contributed by atoms with van der Waals surface area (Å²) in [6, 6.07) is 18.6. The summed E-state index contributed by atoms with van der Waals surface area (Å²) in [5.41, 5.74) is 3.46. The Morgan fingerprint density at radius 2 is 1.52 bits per heavy atom. The number of hydrogen-bond acceptors (Lipinski definition) is 2. The SMILES string of the molecule is C[C@@H](CO[Si](C)(C)C(C)(C)C)CC(=O)Cc1ccc(-c2ccccc2)cc1. The Hall–Kier alpha value is -1.71. The first-order chi connectivity index (χ1) is 12.6. The summed E-state index contributed by atoms with van der Waals surface area (Å²) in [6.07, 6.45) is 1.08. The first kappa shape index (κ1) is 21.6. The van der Waals surface area contributed by atoms with Crippen LogP contribution in [0.1, 0.15) is 39.7 Å². The largest absolute Gasteiger partial charge is 0.417 e. The summed E-state index contributed by atoms with van der Waals surface area (Å²) >= 11 is 0. The van der Waals surface area contributed by atoms with Crippen LogP contribution >= 0.6 is 0 Å². The van der Waals surface area contributed by atoms with Gasteiger partial charge in [-0.05, 0) is 40.7 Å². The van der Waals surface area contributed by atoms with E-state index in [0.29, 0.717) is 19.4 Å². The zero-order chi connectivity index (χ0) is 20.1. The van der Waals surface area contributed by atoms with E-state index in [1.807, 2.05) is 18.2 Å². The molecule has 0 N–H and O–H groups in total. The predicted octanol–water partition coefficient (Wildman–Crippen LogP) is 6.51. The molecule has 0 saturated carbocycles. The summed E-state index contributed by atoms with van der Waals surface area (Å²) in [6.45, 7) is 14.0. The molecule has 0 amide bonds. The van der Waals surface area contributed by atoms with Gasteiger partial charge in [-0.3, -0.25) is 4.79 Å². The average molecular weight is 383 g/mol. The van der Waals surface area contributed by atoms with Crippen LogP contribution in [0.15, 0.2) is 54.6 Å². The number of hydrogen-bond donors (Lipinski definition) is 0. The fourth-order valence-electron chi connectivity index (χ4n) is 2.76. The van der Waals surface area contributed by atoms with E-state index < -0.39 is 8.32 Å². The monoisotopic (exact) mass is 382 g/mol. The van der Waals surface area contributed by atoms with E-state index in [1.165, 1.54) is 11.1 Å². The first-order valence-corrected chi connectivity index (χ1v) is 12.8. The average Bonchev–Trinajstić information content (AvgIpc) is 2.60. The molecule has 0 aromatic heterocycles. The van der Waals surface area contributed by atoms with E-state index in [1.54, 1.807) is 0 Å². The van der Waals surface area contributed by atoms with Crippen LogP contribution < -0.4 is 0 Å². The molecule has 0 spiro atoms. The minimum absolute atomic E-state index is 0.206. The van der Waals surface area contributed by atoms with Gasteiger partial charge in [0.1, 0.15) is 5.78 Å². The van der Waals surface area contributed by atoms with Crippen LogP contribution in [0.3, 0.4) is 0 Å². The number of ketones is 1. The molecule has 0 aliphatic rings. The highest BCUT2D eigenvalue weighted by atomic mass is 28.4. The Bertz CT molecular complexity index is 727. The van der Waals surface area contributed by atoms with Crippen molar-refractivity contribution in [1.82, 2.24) is 0 Å². The molecular formula is C24H34O2Si. The molecule has 2 aromatic rings. The molecule has 0 aliphatic heterocycles. The van der Waals surface area contributed by atoms with Gasteiger partial charge in [0, 0.05) is 19.4 Å². The van der Waals surface area contributed by atoms with Gasteiger partial charge < -0.3 is 4.43 Å². The maximum absolute atomic E-state index is 12.5. The van der Waals surface area contributed by atoms with E-state index in [9.17, 15) is 4.79 Å². The topological polar surface area (TPSA) is 26.3 Å². The number of carbonyl (C=O) groups is 1. The molecule has 0 saturated heterocycles. The van der Waals surface area contributed by atoms with Crippen molar-refractivity contribution >= 4 is 14.1 Å². The van der Waals surface area contributed by atoms with Crippen LogP contribution in [0.25, 0.3) is 11.1 Å². The van der Waals surface area contributed by atoms with Crippen molar-refractivity contribution in [2.75, 3.05) is 6.61 Å². The molecule has 2 rings (SSSR count). The van der Waals surface area contributed by atoms with Crippen LogP contribution in [0.2, 0.25) is 18.1 Å². The second kappa shape index (κ2) is 8.98. The fraction of sp³-hybridized carbons (Fsp3) is 0.458. The third kappa shape index (κ3) is 6.44. The third-order valence-corrected chi connectivity index (χ3v) is 10.1. The highest BCUT2D eigenvalue weighted by molar-refractivity contribution is 6.74. The first-order valence-electron chi connectivity index (χ1n) is 9.88. The lowest BCUT2D eigenvalue weighted by Crippen LogP contribution is -2.41. The highest BCUT2D eigenvalue weighted by Gasteiger charge is 2.37. The van der Waals surface area contributed by atoms with Gasteiger partial charge in [0.05, 0.1) is 0 Å². The number of carbonyl (C=O) groups excluding carboxylic acids is 1. The lowest BCUT2D eigenvalue weighted by Gasteiger charge is -2.37. The van der Waals surface area contributed by atoms with E-state index in [4.69, 9.17) is 4.43 Å². The summed E-state index contributed by atoms with van der Waals surface area (Å²) in [7, 11) is -1.74. The smallest absolute Gasteiger partial charge is 0.191 e. The molecule has 146 valence electrons. The maximum Gasteiger partial charge on any atom is 0.191 e. The second-order valence-electron chi connectivity index (χ2n) is 9.16. The van der Waals surface area contributed by atoms with Gasteiger partial charge >= 0.3 is 0 Å². The summed E-state index contributed by atoms with van der Waals surface area (Å²) in [5.74, 6) is 0.545. The standard InChI is InChI=1S/C24H34O2Si/c1-19(18-26-27(5,6)24(2,3)4)16-23(25)17-20-12-14-22(15-13-20)21-10-8-7-9-11-21/h7-15,19H,16-18H2,1-6H3/t19-/m1/s1. The Kier molecular flexibility index (Phi) is 7.18. The third-order valence-electron chi connectivity index (χ3n) is 5.57. The summed E-state index contributed by atoms with van der Waals surface area (Å²) in [4.78, 5) is 12.5. The van der Waals surface area contributed by atoms with E-state index in [-0.39, 0.29) is 16.7 Å². The van der Waals surface area contributed by atoms with Crippen LogP contribution in [0.4, 0.5) is 0 Å². The van der Waals surface area contributed by atoms with Gasteiger partial charge in [-0.1, -0.05) is 82.3 Å². The minimum atomic E-state index is -1.74. The molecule has 27 heavy (non-hydrogen) atoms. The fourth-order valence-corrected chi connectivity index (χ4v) is 3.89. The lowest BCUT2D eigenvalue weighted by atomic mass is 9.98. The van der Waals surface area contributed by atoms with Gasteiger partial charge in [-0.2, -0.15) is 0 Å². The van der Waals surface area contributed by atoms with Gasteiger partial charge in [0.15, 0.2) is 8.32 Å². The Balaban J connectivity index is 1.85. The predicted molar refractivity (Wildman–Crippen MR) is 118 cm³/mol. The molecule has 0 heterocycles. The van der Waals surface area contributed by atoms with Crippen molar-refractivity contribution in [1.29, 1.82) is 0 Å². The van der Waals surface area contributed by atoms with Crippen molar-refractivity contribution in [3.63, 3.8) is 0 Å². The van der Waals surface area contributed by atoms with Crippen LogP contribution in [-0.4, -0.2) is 20.7 Å². The molecule has 1 atom stereocenters. The molecule has 0 aliphatic carbocycles. The van der Waals surface area contributed by atoms with E-state index in [0.717, 1.165) is 5.56 Å². The highest BCUT2D eigenvalue weighted by Crippen LogP contribution is 2.36. The molecule has 2 aromatic carbocycles. The zero-order valence-corrected chi connectivity index (χ0v) is 18.7. The van der Waals surface area contributed by atoms with Gasteiger partial charge in [-0.15, -0.1) is 0 Å². The van der Waals surface area contributed by atoms with E-state index in [2.05, 4.69) is 77.2 Å². The molecular weight excluding hydrogens is 348 g/mol. The van der Waals surface area contributed by atoms with E-state index >= 15 is 0 Å². The zero-order valence-electron chi connectivity index (χ0n) is 17.7. The minimum Gasteiger partial charge on any atom is -0.417 e. The van der Waals surface area contributed by atoms with Crippen LogP contribution in [-0.2, 0) is 15.6 Å². The molecule has 0 radical (unpaired) electrons. The number of Topliss-reactive ketones (excluding diaryl/α,β-unsaturated/α-hetero) is 1. The van der Waals surface area contributed by atoms with Crippen molar-refractivity contribution in [3.8, 4) is 11.1 Å². The Labute approximate surface area is 166 Å². The second-order valence-corrected chi connectivity index (χ2v) is 14.0. The molecule has 3 heteroatoms. The van der Waals surface area contributed by atoms with Crippen molar-refractivity contribution < 1.29 is 9.22 Å². The summed E-state index contributed by atoms with van der Waals surface area (Å²) < 4.78 is 6.26. The quantitative estimate of drug-likeness (QED) is 0.486. The van der Waals surface area contributed by atoms with Gasteiger partial charge in [0.2, 0.25) is 0 Å². The maximum atomic E-state index is 12.5. The van der Waals surface area contributed by atoms with Crippen LogP contribution in [0.5, 0.6) is 0 Å².